The van der Waals surface area contributed by atoms with E-state index >= 15 is 0 Å². The van der Waals surface area contributed by atoms with Crippen LogP contribution in [0.1, 0.15) is 18.5 Å². The van der Waals surface area contributed by atoms with Gasteiger partial charge in [-0.3, -0.25) is 9.78 Å². The fraction of sp³-hybridized carbons (Fsp3) is 0.350. The minimum absolute atomic E-state index is 0.157. The number of carbonyl (C=O) groups excluding carboxylic acids is 1. The smallest absolute Gasteiger partial charge is 0.237 e. The summed E-state index contributed by atoms with van der Waals surface area (Å²) in [7, 11) is 0. The van der Waals surface area contributed by atoms with Crippen molar-refractivity contribution in [1.82, 2.24) is 14.5 Å². The first-order valence-electron chi connectivity index (χ1n) is 9.16. The molecule has 1 amide bonds. The molecule has 1 aliphatic heterocycles. The second-order valence-corrected chi connectivity index (χ2v) is 6.92. The van der Waals surface area contributed by atoms with Crippen LogP contribution in [-0.2, 0) is 11.3 Å². The van der Waals surface area contributed by atoms with Crippen LogP contribution in [0.2, 0.25) is 0 Å². The van der Waals surface area contributed by atoms with Gasteiger partial charge in [0.15, 0.2) is 0 Å². The Balaban J connectivity index is 1.45. The van der Waals surface area contributed by atoms with Gasteiger partial charge < -0.3 is 19.9 Å². The first-order valence-corrected chi connectivity index (χ1v) is 9.16. The van der Waals surface area contributed by atoms with Gasteiger partial charge in [-0.05, 0) is 25.1 Å². The van der Waals surface area contributed by atoms with Gasteiger partial charge in [-0.15, -0.1) is 0 Å². The molecular formula is C20H23N5O2. The van der Waals surface area contributed by atoms with Gasteiger partial charge >= 0.3 is 0 Å². The van der Waals surface area contributed by atoms with Crippen LogP contribution >= 0.6 is 0 Å². The molecule has 0 spiro atoms. The molecule has 3 aromatic rings. The van der Waals surface area contributed by atoms with Crippen molar-refractivity contribution in [3.63, 3.8) is 0 Å². The Kier molecular flexibility index (Phi) is 4.66. The van der Waals surface area contributed by atoms with Crippen molar-refractivity contribution < 1.29 is 9.53 Å². The Morgan fingerprint density at radius 1 is 1.26 bits per heavy atom. The van der Waals surface area contributed by atoms with Gasteiger partial charge in [0.1, 0.15) is 24.2 Å². The molecule has 0 radical (unpaired) electrons. The largest absolute Gasteiger partial charge is 0.490 e. The molecule has 1 saturated heterocycles. The van der Waals surface area contributed by atoms with E-state index in [1.165, 1.54) is 0 Å². The van der Waals surface area contributed by atoms with Gasteiger partial charge in [0.25, 0.3) is 0 Å². The average Bonchev–Trinajstić information content (AvgIpc) is 3.06. The number of nitrogens with two attached hydrogens (primary N) is 1. The van der Waals surface area contributed by atoms with Gasteiger partial charge in [-0.2, -0.15) is 0 Å². The zero-order chi connectivity index (χ0) is 18.8. The molecule has 0 atom stereocenters. The maximum absolute atomic E-state index is 11.2. The van der Waals surface area contributed by atoms with Gasteiger partial charge in [0.05, 0.1) is 17.4 Å². The monoisotopic (exact) mass is 365 g/mol. The highest BCUT2D eigenvalue weighted by Crippen LogP contribution is 2.29. The highest BCUT2D eigenvalue weighted by atomic mass is 16.5. The van der Waals surface area contributed by atoms with E-state index in [4.69, 9.17) is 10.5 Å². The molecular weight excluding hydrogens is 342 g/mol. The third-order valence-corrected chi connectivity index (χ3v) is 4.90. The predicted octanol–water partition coefficient (Wildman–Crippen LogP) is 2.27. The van der Waals surface area contributed by atoms with Crippen molar-refractivity contribution in [2.45, 2.75) is 32.4 Å². The second-order valence-electron chi connectivity index (χ2n) is 6.92. The first kappa shape index (κ1) is 17.3. The molecule has 7 nitrogen and oxygen atoms in total. The Morgan fingerprint density at radius 2 is 2.07 bits per heavy atom. The lowest BCUT2D eigenvalue weighted by molar-refractivity contribution is -0.118. The molecule has 0 unspecified atom stereocenters. The Bertz CT molecular complexity index is 960. The number of piperidine rings is 1. The predicted molar refractivity (Wildman–Crippen MR) is 104 cm³/mol. The van der Waals surface area contributed by atoms with E-state index in [-0.39, 0.29) is 18.6 Å². The van der Waals surface area contributed by atoms with E-state index in [0.717, 1.165) is 54.1 Å². The summed E-state index contributed by atoms with van der Waals surface area (Å²) < 4.78 is 8.15. The third kappa shape index (κ3) is 3.72. The van der Waals surface area contributed by atoms with Gasteiger partial charge in [-0.1, -0.05) is 6.07 Å². The van der Waals surface area contributed by atoms with Crippen LogP contribution in [0.25, 0.3) is 10.9 Å². The summed E-state index contributed by atoms with van der Waals surface area (Å²) in [5.74, 6) is 1.43. The van der Waals surface area contributed by atoms with Crippen molar-refractivity contribution in [1.29, 1.82) is 0 Å². The summed E-state index contributed by atoms with van der Waals surface area (Å²) in [5.41, 5.74) is 7.21. The molecule has 7 heteroatoms. The lowest BCUT2D eigenvalue weighted by atomic mass is 10.1. The number of aryl methyl sites for hydroxylation is 1. The van der Waals surface area contributed by atoms with E-state index in [0.29, 0.717) is 0 Å². The van der Waals surface area contributed by atoms with Gasteiger partial charge in [0, 0.05) is 43.7 Å². The maximum Gasteiger partial charge on any atom is 0.237 e. The van der Waals surface area contributed by atoms with E-state index in [1.807, 2.05) is 48.1 Å². The Labute approximate surface area is 157 Å². The van der Waals surface area contributed by atoms with Crippen LogP contribution in [0.3, 0.4) is 0 Å². The maximum atomic E-state index is 11.2. The number of benzene rings is 1. The number of aromatic nitrogens is 3. The normalized spacial score (nSPS) is 15.2. The van der Waals surface area contributed by atoms with Crippen molar-refractivity contribution >= 4 is 22.6 Å². The van der Waals surface area contributed by atoms with Crippen molar-refractivity contribution in [2.24, 2.45) is 5.73 Å². The van der Waals surface area contributed by atoms with Crippen LogP contribution in [0.4, 0.5) is 5.82 Å². The molecule has 140 valence electrons. The number of primary amides is 1. The highest BCUT2D eigenvalue weighted by Gasteiger charge is 2.22. The van der Waals surface area contributed by atoms with Gasteiger partial charge in [-0.25, -0.2) is 4.98 Å². The number of amides is 1. The molecule has 0 bridgehead atoms. The molecule has 0 aliphatic carbocycles. The lowest BCUT2D eigenvalue weighted by Crippen LogP contribution is -2.38. The zero-order valence-electron chi connectivity index (χ0n) is 15.3. The van der Waals surface area contributed by atoms with E-state index in [2.05, 4.69) is 14.9 Å². The summed E-state index contributed by atoms with van der Waals surface area (Å²) in [4.78, 5) is 22.3. The number of hydrogen-bond donors (Lipinski definition) is 1. The van der Waals surface area contributed by atoms with E-state index in [9.17, 15) is 4.79 Å². The highest BCUT2D eigenvalue weighted by molar-refractivity contribution is 5.87. The molecule has 1 aliphatic rings. The lowest BCUT2D eigenvalue weighted by Gasteiger charge is -2.33. The molecule has 2 N–H and O–H groups in total. The van der Waals surface area contributed by atoms with Gasteiger partial charge in [0.2, 0.25) is 5.91 Å². The molecule has 27 heavy (non-hydrogen) atoms. The van der Waals surface area contributed by atoms with E-state index in [1.54, 1.807) is 6.20 Å². The molecule has 3 heterocycles. The molecule has 0 saturated carbocycles. The minimum atomic E-state index is -0.356. The number of fused-ring (bicyclic) bond motifs is 1. The second kappa shape index (κ2) is 7.26. The van der Waals surface area contributed by atoms with Crippen molar-refractivity contribution in [3.05, 3.63) is 48.5 Å². The Morgan fingerprint density at radius 3 is 2.81 bits per heavy atom. The topological polar surface area (TPSA) is 86.3 Å². The number of hydrogen-bond acceptors (Lipinski definition) is 5. The number of rotatable bonds is 5. The van der Waals surface area contributed by atoms with Crippen LogP contribution < -0.4 is 15.4 Å². The van der Waals surface area contributed by atoms with E-state index < -0.39 is 0 Å². The van der Waals surface area contributed by atoms with Crippen LogP contribution in [-0.4, -0.2) is 39.6 Å². The summed E-state index contributed by atoms with van der Waals surface area (Å²) >= 11 is 0. The van der Waals surface area contributed by atoms with Crippen LogP contribution in [0.5, 0.6) is 5.75 Å². The summed E-state index contributed by atoms with van der Waals surface area (Å²) in [6.45, 7) is 3.91. The SMILES string of the molecule is Cc1cncc(N2CCC(Oc3cccc4c3ccn4CC(N)=O)CC2)n1. The molecule has 2 aromatic heterocycles. The summed E-state index contributed by atoms with van der Waals surface area (Å²) in [5, 5.41) is 1.01. The third-order valence-electron chi connectivity index (χ3n) is 4.90. The average molecular weight is 365 g/mol. The van der Waals surface area contributed by atoms with Crippen LogP contribution in [0, 0.1) is 6.92 Å². The number of nitrogens with zero attached hydrogens (tertiary/aromatic N) is 4. The van der Waals surface area contributed by atoms with Crippen molar-refractivity contribution in [2.75, 3.05) is 18.0 Å². The minimum Gasteiger partial charge on any atom is -0.490 e. The number of anilines is 1. The fourth-order valence-electron chi connectivity index (χ4n) is 3.59. The Hall–Kier alpha value is -3.09. The van der Waals surface area contributed by atoms with Crippen LogP contribution in [0.15, 0.2) is 42.9 Å². The van der Waals surface area contributed by atoms with Crippen molar-refractivity contribution in [3.8, 4) is 5.75 Å². The first-order chi connectivity index (χ1) is 13.1. The molecule has 1 fully saturated rings. The zero-order valence-corrected chi connectivity index (χ0v) is 15.3. The molecule has 1 aromatic carbocycles. The standard InChI is InChI=1S/C20H23N5O2/c1-14-11-22-12-20(23-14)24-8-5-15(6-9-24)27-18-4-2-3-17-16(18)7-10-25(17)13-19(21)26/h2-4,7,10-12,15H,5-6,8-9,13H2,1H3,(H2,21,26). The summed E-state index contributed by atoms with van der Waals surface area (Å²) in [6, 6.07) is 7.89. The summed E-state index contributed by atoms with van der Waals surface area (Å²) in [6.07, 6.45) is 7.47. The number of ether oxygens (including phenoxy) is 1. The molecule has 4 rings (SSSR count). The quantitative estimate of drug-likeness (QED) is 0.750. The fourth-order valence-corrected chi connectivity index (χ4v) is 3.59. The number of carbonyl (C=O) groups is 1.